The molecule has 3 N–H and O–H groups in total. The van der Waals surface area contributed by atoms with E-state index in [0.29, 0.717) is 0 Å². The average molecular weight is 533 g/mol. The lowest BCUT2D eigenvalue weighted by molar-refractivity contribution is 0.0734. The van der Waals surface area contributed by atoms with Crippen molar-refractivity contribution < 1.29 is 38.8 Å². The van der Waals surface area contributed by atoms with Crippen molar-refractivity contribution in [1.29, 1.82) is 0 Å². The summed E-state index contributed by atoms with van der Waals surface area (Å²) in [5.74, 6) is -1.63. The van der Waals surface area contributed by atoms with Crippen LogP contribution in [-0.4, -0.2) is 51.1 Å². The van der Waals surface area contributed by atoms with E-state index in [0.717, 1.165) is 22.8 Å². The Hall–Kier alpha value is -5.39. The predicted molar refractivity (Wildman–Crippen MR) is 139 cm³/mol. The second kappa shape index (κ2) is 11.3. The topological polar surface area (TPSA) is 166 Å². The van der Waals surface area contributed by atoms with Gasteiger partial charge in [-0.25, -0.2) is 19.0 Å². The molecule has 0 aliphatic carbocycles. The Morgan fingerprint density at radius 2 is 1.72 bits per heavy atom. The summed E-state index contributed by atoms with van der Waals surface area (Å²) < 4.78 is 16.5. The minimum Gasteiger partial charge on any atom is -0.507 e. The smallest absolute Gasteiger partial charge is 0.419 e. The first-order valence-electron chi connectivity index (χ1n) is 11.7. The van der Waals surface area contributed by atoms with Crippen LogP contribution in [0.3, 0.4) is 0 Å². The van der Waals surface area contributed by atoms with Crippen molar-refractivity contribution in [2.45, 2.75) is 13.8 Å². The van der Waals surface area contributed by atoms with Crippen LogP contribution in [0, 0.1) is 0 Å². The number of rotatable bonds is 6. The van der Waals surface area contributed by atoms with Crippen molar-refractivity contribution in [3.05, 3.63) is 76.7 Å². The number of phenolic OH excluding ortho intramolecular Hbond substituents is 2. The molecule has 0 radical (unpaired) electrons. The summed E-state index contributed by atoms with van der Waals surface area (Å²) in [6.45, 7) is 3.18. The van der Waals surface area contributed by atoms with E-state index in [1.54, 1.807) is 19.9 Å². The van der Waals surface area contributed by atoms with E-state index in [2.05, 4.69) is 10.3 Å². The highest BCUT2D eigenvalue weighted by molar-refractivity contribution is 6.01. The van der Waals surface area contributed by atoms with Gasteiger partial charge in [-0.3, -0.25) is 15.1 Å². The van der Waals surface area contributed by atoms with Gasteiger partial charge in [0.05, 0.1) is 35.5 Å². The molecule has 1 amide bonds. The molecule has 2 aromatic heterocycles. The minimum atomic E-state index is -0.965. The Morgan fingerprint density at radius 1 is 0.974 bits per heavy atom. The van der Waals surface area contributed by atoms with E-state index in [9.17, 15) is 29.4 Å². The number of aromatic nitrogens is 2. The number of hydrogen-bond acceptors (Lipinski definition) is 10. The Balaban J connectivity index is 1.94. The number of esters is 1. The van der Waals surface area contributed by atoms with Crippen molar-refractivity contribution in [3.8, 4) is 28.5 Å². The summed E-state index contributed by atoms with van der Waals surface area (Å²) >= 11 is 0. The van der Waals surface area contributed by atoms with Crippen molar-refractivity contribution >= 4 is 34.7 Å². The summed E-state index contributed by atoms with van der Waals surface area (Å²) in [6.07, 6.45) is 0.994. The number of pyridine rings is 2. The zero-order valence-corrected chi connectivity index (χ0v) is 20.8. The molecule has 0 saturated carbocycles. The number of nitrogens with one attached hydrogen (secondary N) is 1. The van der Waals surface area contributed by atoms with Crippen LogP contribution < -0.4 is 15.5 Å². The molecular formula is C27H23N3O9. The van der Waals surface area contributed by atoms with E-state index < -0.39 is 35.1 Å². The fraction of sp³-hybridized carbons (Fsp3) is 0.148. The van der Waals surface area contributed by atoms with E-state index in [4.69, 9.17) is 14.2 Å². The quantitative estimate of drug-likeness (QED) is 0.185. The average Bonchev–Trinajstić information content (AvgIpc) is 2.91. The number of nitrogens with zero attached hydrogens (tertiary/aromatic N) is 2. The molecule has 0 aliphatic heterocycles. The number of aromatic hydroxyl groups is 2. The molecule has 0 bridgehead atoms. The van der Waals surface area contributed by atoms with E-state index >= 15 is 0 Å². The maximum Gasteiger partial charge on any atom is 0.419 e. The summed E-state index contributed by atoms with van der Waals surface area (Å²) in [7, 11) is 0. The Bertz CT molecular complexity index is 1630. The van der Waals surface area contributed by atoms with Crippen molar-refractivity contribution in [1.82, 2.24) is 9.55 Å². The lowest BCUT2D eigenvalue weighted by Crippen LogP contribution is -2.21. The van der Waals surface area contributed by atoms with Gasteiger partial charge < -0.3 is 24.4 Å². The number of carbonyl (C=O) groups excluding carboxylic acids is 3. The monoisotopic (exact) mass is 533 g/mol. The highest BCUT2D eigenvalue weighted by Gasteiger charge is 2.24. The van der Waals surface area contributed by atoms with Gasteiger partial charge in [0.1, 0.15) is 22.8 Å². The molecule has 2 aromatic carbocycles. The lowest BCUT2D eigenvalue weighted by Gasteiger charge is -2.19. The third-order valence-electron chi connectivity index (χ3n) is 5.45. The fourth-order valence-corrected chi connectivity index (χ4v) is 3.84. The minimum absolute atomic E-state index is 0.00128. The summed E-state index contributed by atoms with van der Waals surface area (Å²) in [5, 5.41) is 23.1. The number of fused-ring (bicyclic) bond motifs is 1. The standard InChI is InChI=1S/C27H23N3O9/c1-3-37-26(35)29-18-12-16(39-25(34)15-6-5-11-28-14-15)7-8-17(18)19-13-22(33)23-20(31)9-10-21(32)24(23)30(19)27(36)38-4-2/h5-14,31-32H,3-4H2,1-2H3,(H,29,35). The number of ether oxygens (including phenoxy) is 3. The molecule has 0 spiro atoms. The largest absolute Gasteiger partial charge is 0.507 e. The SMILES string of the molecule is CCOC(=O)Nc1cc(OC(=O)c2cccnc2)ccc1-c1cc(=O)c2c(O)ccc(O)c2n1C(=O)OCC. The van der Waals surface area contributed by atoms with Crippen LogP contribution in [0.25, 0.3) is 22.2 Å². The van der Waals surface area contributed by atoms with Gasteiger partial charge in [-0.2, -0.15) is 0 Å². The van der Waals surface area contributed by atoms with Gasteiger partial charge >= 0.3 is 18.2 Å². The molecule has 0 unspecified atom stereocenters. The van der Waals surface area contributed by atoms with Crippen LogP contribution in [0.2, 0.25) is 0 Å². The number of anilines is 1. The molecule has 12 nitrogen and oxygen atoms in total. The highest BCUT2D eigenvalue weighted by atomic mass is 16.6. The second-order valence-electron chi connectivity index (χ2n) is 7.94. The lowest BCUT2D eigenvalue weighted by atomic mass is 10.0. The van der Waals surface area contributed by atoms with Crippen LogP contribution in [0.5, 0.6) is 17.2 Å². The first-order valence-corrected chi connectivity index (χ1v) is 11.7. The van der Waals surface area contributed by atoms with E-state index in [1.807, 2.05) is 0 Å². The zero-order valence-electron chi connectivity index (χ0n) is 20.8. The number of benzene rings is 2. The van der Waals surface area contributed by atoms with Crippen molar-refractivity contribution in [2.75, 3.05) is 18.5 Å². The molecule has 4 rings (SSSR count). The Kier molecular flexibility index (Phi) is 7.75. The van der Waals surface area contributed by atoms with Gasteiger partial charge in [-0.15, -0.1) is 0 Å². The Labute approximate surface area is 221 Å². The molecule has 0 saturated heterocycles. The molecule has 2 heterocycles. The maximum absolute atomic E-state index is 13.1. The van der Waals surface area contributed by atoms with Gasteiger partial charge in [0.2, 0.25) is 0 Å². The predicted octanol–water partition coefficient (Wildman–Crippen LogP) is 4.27. The first-order chi connectivity index (χ1) is 18.7. The van der Waals surface area contributed by atoms with Crippen molar-refractivity contribution in [3.63, 3.8) is 0 Å². The van der Waals surface area contributed by atoms with Gasteiger partial charge in [0.15, 0.2) is 5.43 Å². The maximum atomic E-state index is 13.1. The zero-order chi connectivity index (χ0) is 28.1. The molecule has 0 aliphatic rings. The normalized spacial score (nSPS) is 10.6. The number of phenols is 2. The molecule has 4 aromatic rings. The number of hydrogen-bond donors (Lipinski definition) is 3. The summed E-state index contributed by atoms with van der Waals surface area (Å²) in [4.78, 5) is 54.9. The van der Waals surface area contributed by atoms with Crippen molar-refractivity contribution in [2.24, 2.45) is 0 Å². The fourth-order valence-electron chi connectivity index (χ4n) is 3.84. The van der Waals surface area contributed by atoms with Crippen LogP contribution >= 0.6 is 0 Å². The first kappa shape index (κ1) is 26.7. The van der Waals surface area contributed by atoms with E-state index in [1.165, 1.54) is 36.7 Å². The summed E-state index contributed by atoms with van der Waals surface area (Å²) in [5.41, 5.74) is -0.820. The Morgan fingerprint density at radius 3 is 2.41 bits per heavy atom. The molecule has 200 valence electrons. The summed E-state index contributed by atoms with van der Waals surface area (Å²) in [6, 6.07) is 10.4. The molecular weight excluding hydrogens is 510 g/mol. The van der Waals surface area contributed by atoms with E-state index in [-0.39, 0.29) is 52.4 Å². The molecule has 0 fully saturated rings. The molecule has 12 heteroatoms. The van der Waals surface area contributed by atoms with Crippen LogP contribution in [-0.2, 0) is 9.47 Å². The van der Waals surface area contributed by atoms with Gasteiger partial charge in [-0.1, -0.05) is 0 Å². The molecule has 39 heavy (non-hydrogen) atoms. The second-order valence-corrected chi connectivity index (χ2v) is 7.94. The van der Waals surface area contributed by atoms with Gasteiger partial charge in [0, 0.05) is 30.1 Å². The third-order valence-corrected chi connectivity index (χ3v) is 5.45. The third kappa shape index (κ3) is 5.49. The molecule has 0 atom stereocenters. The van der Waals surface area contributed by atoms with Gasteiger partial charge in [0.25, 0.3) is 0 Å². The number of amides is 1. The highest BCUT2D eigenvalue weighted by Crippen LogP contribution is 2.37. The number of carbonyl (C=O) groups is 3. The van der Waals surface area contributed by atoms with Crippen LogP contribution in [0.1, 0.15) is 24.2 Å². The van der Waals surface area contributed by atoms with Crippen LogP contribution in [0.4, 0.5) is 15.3 Å². The van der Waals surface area contributed by atoms with Crippen LogP contribution in [0.15, 0.2) is 65.7 Å². The van der Waals surface area contributed by atoms with Gasteiger partial charge in [-0.05, 0) is 50.2 Å².